The highest BCUT2D eigenvalue weighted by Gasteiger charge is 2.66. The van der Waals surface area contributed by atoms with Crippen LogP contribution in [-0.2, 0) is 38.3 Å². The Balaban J connectivity index is 1.27. The van der Waals surface area contributed by atoms with Crippen LogP contribution >= 0.6 is 34.7 Å². The first-order chi connectivity index (χ1) is 26.2. The van der Waals surface area contributed by atoms with E-state index in [4.69, 9.17) is 26.9 Å². The maximum atomic E-state index is 13.6. The normalized spacial score (nSPS) is 21.2. The van der Waals surface area contributed by atoms with E-state index in [1.807, 2.05) is 0 Å². The van der Waals surface area contributed by atoms with Crippen LogP contribution in [0, 0.1) is 0 Å². The molecule has 0 saturated carbocycles. The Morgan fingerprint density at radius 3 is 2.45 bits per heavy atom. The Morgan fingerprint density at radius 2 is 1.84 bits per heavy atom. The first-order valence-corrected chi connectivity index (χ1v) is 18.1. The van der Waals surface area contributed by atoms with E-state index in [-0.39, 0.29) is 23.9 Å². The van der Waals surface area contributed by atoms with Gasteiger partial charge in [-0.05, 0) is 26.0 Å². The van der Waals surface area contributed by atoms with Crippen molar-refractivity contribution in [2.24, 2.45) is 5.16 Å². The third-order valence-corrected chi connectivity index (χ3v) is 11.3. The summed E-state index contributed by atoms with van der Waals surface area (Å²) in [4.78, 5) is 112. The van der Waals surface area contributed by atoms with Crippen molar-refractivity contribution in [3.8, 4) is 11.5 Å². The summed E-state index contributed by atoms with van der Waals surface area (Å²) in [5.41, 5.74) is 4.96. The molecule has 4 atom stereocenters. The zero-order chi connectivity index (χ0) is 41.4. The second-order valence-electron chi connectivity index (χ2n) is 12.6. The number of Topliss-reactive ketones (excluding diaryl/α,β-unsaturated/α-hetero) is 1. The molecule has 3 aliphatic heterocycles. The summed E-state index contributed by atoms with van der Waals surface area (Å²) in [6, 6.07) is -2.04. The zero-order valence-electron chi connectivity index (χ0n) is 29.2. The SMILES string of the molecule is COCC(NC(=O)C(=O)c1ccc(O)c(O)c1Cl)C(=O)NN1CCN([C@]2(C(=O)O)CN3C(=O)C(NC(=O)/C(=N\OC(C)(C)C(=O)O)c4csc(N)n4)[C@H]3S2)C1=O. The Hall–Kier alpha value is -5.92. The van der Waals surface area contributed by atoms with Crippen molar-refractivity contribution in [3.05, 3.63) is 33.8 Å². The summed E-state index contributed by atoms with van der Waals surface area (Å²) < 4.78 is 4.97. The predicted octanol–water partition coefficient (Wildman–Crippen LogP) is -1.66. The molecule has 0 bridgehead atoms. The standard InChI is InChI=1S/C30H32ClN9O14S2/c1-29(2,25(48)49)54-37-16(13-9-55-27(32)34-13)21(45)35-17-23(47)38-10-30(26(50)51,56-24(17)38)39-6-7-40(28(39)52)36-20(44)12(8-53-3)33-22(46)18(42)11-4-5-14(41)19(43)15(11)31/h4-5,9,12,17,24,41,43H,6-8,10H2,1-3H3,(H2,32,34)(H,33,46)(H,35,45)(H,36,44)(H,48,49)(H,50,51)/b37-16-/t12?,17?,24-,30-/m1/s1. The molecule has 300 valence electrons. The number of nitrogens with one attached hydrogen (secondary N) is 3. The van der Waals surface area contributed by atoms with Crippen LogP contribution in [0.25, 0.3) is 0 Å². The van der Waals surface area contributed by atoms with Crippen LogP contribution in [0.2, 0.25) is 5.02 Å². The van der Waals surface area contributed by atoms with Crippen molar-refractivity contribution < 1.29 is 68.4 Å². The quantitative estimate of drug-likeness (QED) is 0.0248. The molecule has 5 rings (SSSR count). The minimum absolute atomic E-state index is 0.0361. The number of phenolic OH excluding ortho intramolecular Hbond substituents is 2. The highest BCUT2D eigenvalue weighted by molar-refractivity contribution is 8.02. The molecule has 4 heterocycles. The lowest BCUT2D eigenvalue weighted by molar-refractivity contribution is -0.161. The van der Waals surface area contributed by atoms with Gasteiger partial charge in [0.25, 0.3) is 23.5 Å². The van der Waals surface area contributed by atoms with Crippen LogP contribution in [0.5, 0.6) is 11.5 Å². The van der Waals surface area contributed by atoms with Crippen molar-refractivity contribution >= 4 is 92.9 Å². The lowest BCUT2D eigenvalue weighted by Crippen LogP contribution is -2.68. The number of methoxy groups -OCH3 is 1. The summed E-state index contributed by atoms with van der Waals surface area (Å²) >= 11 is 7.48. The van der Waals surface area contributed by atoms with Crippen LogP contribution in [0.3, 0.4) is 0 Å². The van der Waals surface area contributed by atoms with Gasteiger partial charge < -0.3 is 51.3 Å². The maximum Gasteiger partial charge on any atom is 0.350 e. The highest BCUT2D eigenvalue weighted by atomic mass is 35.5. The first kappa shape index (κ1) is 41.2. The van der Waals surface area contributed by atoms with Gasteiger partial charge in [-0.2, -0.15) is 0 Å². The van der Waals surface area contributed by atoms with Crippen molar-refractivity contribution in [1.29, 1.82) is 0 Å². The number of β-lactam (4-membered cyclic amide) rings is 1. The fourth-order valence-electron chi connectivity index (χ4n) is 5.43. The van der Waals surface area contributed by atoms with Gasteiger partial charge in [0.05, 0.1) is 30.3 Å². The van der Waals surface area contributed by atoms with E-state index < -0.39 is 116 Å². The van der Waals surface area contributed by atoms with E-state index >= 15 is 0 Å². The minimum atomic E-state index is -2.10. The largest absolute Gasteiger partial charge is 0.504 e. The second-order valence-corrected chi connectivity index (χ2v) is 15.3. The number of hydrazine groups is 1. The number of halogens is 1. The average Bonchev–Trinajstić information content (AvgIpc) is 3.84. The van der Waals surface area contributed by atoms with Crippen LogP contribution < -0.4 is 21.8 Å². The topological polar surface area (TPSA) is 333 Å². The molecule has 2 aromatic rings. The van der Waals surface area contributed by atoms with Gasteiger partial charge in [0, 0.05) is 19.0 Å². The number of rotatable bonds is 15. The monoisotopic (exact) mass is 841 g/mol. The number of ether oxygens (including phenoxy) is 1. The van der Waals surface area contributed by atoms with E-state index in [2.05, 4.69) is 26.2 Å². The molecule has 0 radical (unpaired) electrons. The minimum Gasteiger partial charge on any atom is -0.504 e. The number of nitrogens with two attached hydrogens (primary N) is 1. The number of hydrogen-bond acceptors (Lipinski definition) is 17. The van der Waals surface area contributed by atoms with Gasteiger partial charge in [0.2, 0.25) is 16.4 Å². The number of amides is 6. The number of carbonyl (C=O) groups is 8. The number of aromatic hydroxyl groups is 2. The third kappa shape index (κ3) is 7.64. The van der Waals surface area contributed by atoms with Crippen LogP contribution in [0.4, 0.5) is 9.93 Å². The molecule has 3 saturated heterocycles. The molecule has 3 fully saturated rings. The number of aromatic nitrogens is 1. The number of thioether (sulfide) groups is 1. The molecule has 3 aliphatic rings. The number of anilines is 1. The van der Waals surface area contributed by atoms with Crippen molar-refractivity contribution in [1.82, 2.24) is 35.9 Å². The Kier molecular flexibility index (Phi) is 11.5. The molecular weight excluding hydrogens is 810 g/mol. The van der Waals surface area contributed by atoms with Gasteiger partial charge in [-0.3, -0.25) is 34.3 Å². The average molecular weight is 842 g/mol. The molecule has 9 N–H and O–H groups in total. The molecule has 56 heavy (non-hydrogen) atoms. The maximum absolute atomic E-state index is 13.6. The van der Waals surface area contributed by atoms with E-state index in [9.17, 15) is 58.8 Å². The number of benzene rings is 1. The predicted molar refractivity (Wildman–Crippen MR) is 191 cm³/mol. The van der Waals surface area contributed by atoms with Crippen molar-refractivity contribution in [3.63, 3.8) is 0 Å². The number of hydrogen-bond donors (Lipinski definition) is 8. The van der Waals surface area contributed by atoms with Crippen LogP contribution in [0.1, 0.15) is 29.9 Å². The summed E-state index contributed by atoms with van der Waals surface area (Å²) in [5, 5.41) is 48.0. The molecule has 6 amide bonds. The zero-order valence-corrected chi connectivity index (χ0v) is 31.6. The molecular formula is C30H32ClN9O14S2. The van der Waals surface area contributed by atoms with Gasteiger partial charge in [0.1, 0.15) is 23.2 Å². The molecule has 2 unspecified atom stereocenters. The number of carboxylic acids is 2. The first-order valence-electron chi connectivity index (χ1n) is 15.9. The number of fused-ring (bicyclic) bond motifs is 1. The lowest BCUT2D eigenvalue weighted by atomic mass is 10.1. The fraction of sp³-hybridized carbons (Fsp3) is 0.400. The highest BCUT2D eigenvalue weighted by Crippen LogP contribution is 2.49. The Morgan fingerprint density at radius 1 is 1.14 bits per heavy atom. The number of nitrogen functional groups attached to an aromatic ring is 1. The number of carbonyl (C=O) groups excluding carboxylic acids is 6. The third-order valence-electron chi connectivity index (χ3n) is 8.51. The van der Waals surface area contributed by atoms with Gasteiger partial charge in [-0.1, -0.05) is 28.5 Å². The number of carboxylic acid groups (broad SMARTS) is 2. The summed E-state index contributed by atoms with van der Waals surface area (Å²) in [5.74, 6) is -9.88. The van der Waals surface area contributed by atoms with E-state index in [0.717, 1.165) is 38.3 Å². The summed E-state index contributed by atoms with van der Waals surface area (Å²) in [7, 11) is 1.18. The summed E-state index contributed by atoms with van der Waals surface area (Å²) in [6.07, 6.45) is 0. The van der Waals surface area contributed by atoms with Gasteiger partial charge in [-0.15, -0.1) is 11.3 Å². The van der Waals surface area contributed by atoms with E-state index in [0.29, 0.717) is 11.8 Å². The van der Waals surface area contributed by atoms with Crippen molar-refractivity contribution in [2.75, 3.05) is 39.1 Å². The number of phenols is 2. The number of ketones is 1. The van der Waals surface area contributed by atoms with E-state index in [1.165, 1.54) is 26.3 Å². The van der Waals surface area contributed by atoms with Gasteiger partial charge in [-0.25, -0.2) is 24.4 Å². The Bertz CT molecular complexity index is 2060. The fourth-order valence-corrected chi connectivity index (χ4v) is 7.86. The summed E-state index contributed by atoms with van der Waals surface area (Å²) in [6.45, 7) is 0.789. The molecule has 26 heteroatoms. The number of thiazole rings is 1. The second kappa shape index (κ2) is 15.7. The smallest absolute Gasteiger partial charge is 0.350 e. The number of urea groups is 1. The van der Waals surface area contributed by atoms with Crippen LogP contribution in [-0.4, -0.2) is 155 Å². The number of oxime groups is 1. The molecule has 1 aromatic carbocycles. The number of aliphatic carboxylic acids is 2. The van der Waals surface area contributed by atoms with Crippen LogP contribution in [0.15, 0.2) is 22.7 Å². The number of nitrogens with zero attached hydrogens (tertiary/aromatic N) is 5. The lowest BCUT2D eigenvalue weighted by Gasteiger charge is -2.41. The Labute approximate surface area is 327 Å². The van der Waals surface area contributed by atoms with Crippen molar-refractivity contribution in [2.45, 2.75) is 41.8 Å². The van der Waals surface area contributed by atoms with E-state index in [1.54, 1.807) is 0 Å². The molecule has 1 aromatic heterocycles. The van der Waals surface area contributed by atoms with Gasteiger partial charge >= 0.3 is 18.0 Å². The molecule has 23 nitrogen and oxygen atoms in total. The molecule has 0 spiro atoms. The molecule has 0 aliphatic carbocycles. The van der Waals surface area contributed by atoms with Gasteiger partial charge in [0.15, 0.2) is 22.3 Å².